The Labute approximate surface area is 184 Å². The zero-order chi connectivity index (χ0) is 21.8. The first-order chi connectivity index (χ1) is 15.0. The molecule has 31 heavy (non-hydrogen) atoms. The standard InChI is InChI=1S/C24H34N4O3/c1-18(29)25-20-9-10-22(21(17-20)24(31)27-11-5-2-6-12-27)26-13-15-28(16-14-26)23(30)19-7-3-4-8-19/h9-10,17,19H,2-8,11-16H2,1H3,(H,25,29). The van der Waals surface area contributed by atoms with E-state index in [4.69, 9.17) is 0 Å². The average Bonchev–Trinajstić information content (AvgIpc) is 3.33. The fourth-order valence-electron chi connectivity index (χ4n) is 5.13. The van der Waals surface area contributed by atoms with Gasteiger partial charge in [-0.05, 0) is 50.3 Å². The van der Waals surface area contributed by atoms with Gasteiger partial charge in [-0.3, -0.25) is 14.4 Å². The van der Waals surface area contributed by atoms with Gasteiger partial charge in [-0.15, -0.1) is 0 Å². The smallest absolute Gasteiger partial charge is 0.256 e. The lowest BCUT2D eigenvalue weighted by Gasteiger charge is -2.38. The van der Waals surface area contributed by atoms with Gasteiger partial charge in [0.15, 0.2) is 0 Å². The van der Waals surface area contributed by atoms with Gasteiger partial charge >= 0.3 is 0 Å². The number of piperidine rings is 1. The van der Waals surface area contributed by atoms with Crippen LogP contribution in [0.3, 0.4) is 0 Å². The van der Waals surface area contributed by atoms with Crippen molar-refractivity contribution < 1.29 is 14.4 Å². The van der Waals surface area contributed by atoms with E-state index in [0.717, 1.165) is 57.5 Å². The molecule has 0 radical (unpaired) electrons. The first-order valence-corrected chi connectivity index (χ1v) is 11.8. The second kappa shape index (κ2) is 9.71. The van der Waals surface area contributed by atoms with Crippen LogP contribution in [0.15, 0.2) is 18.2 Å². The normalized spacial score (nSPS) is 20.1. The summed E-state index contributed by atoms with van der Waals surface area (Å²) in [5.74, 6) is 0.400. The van der Waals surface area contributed by atoms with Crippen LogP contribution in [-0.4, -0.2) is 66.8 Å². The number of piperazine rings is 1. The van der Waals surface area contributed by atoms with Crippen LogP contribution in [0.25, 0.3) is 0 Å². The lowest BCUT2D eigenvalue weighted by atomic mass is 10.0. The molecule has 3 fully saturated rings. The summed E-state index contributed by atoms with van der Waals surface area (Å²) in [4.78, 5) is 43.8. The third kappa shape index (κ3) is 5.02. The molecular weight excluding hydrogens is 392 g/mol. The summed E-state index contributed by atoms with van der Waals surface area (Å²) >= 11 is 0. The minimum Gasteiger partial charge on any atom is -0.367 e. The van der Waals surface area contributed by atoms with E-state index in [0.29, 0.717) is 30.2 Å². The van der Waals surface area contributed by atoms with Gasteiger partial charge in [0.1, 0.15) is 0 Å². The molecule has 0 spiro atoms. The zero-order valence-corrected chi connectivity index (χ0v) is 18.6. The Bertz CT molecular complexity index is 820. The van der Waals surface area contributed by atoms with E-state index in [2.05, 4.69) is 10.2 Å². The molecule has 1 aliphatic carbocycles. The van der Waals surface area contributed by atoms with Crippen LogP contribution in [0.2, 0.25) is 0 Å². The first-order valence-electron chi connectivity index (χ1n) is 11.8. The van der Waals surface area contributed by atoms with Gasteiger partial charge in [0.05, 0.1) is 5.56 Å². The van der Waals surface area contributed by atoms with Crippen molar-refractivity contribution >= 4 is 29.1 Å². The van der Waals surface area contributed by atoms with Crippen LogP contribution in [-0.2, 0) is 9.59 Å². The van der Waals surface area contributed by atoms with Gasteiger partial charge in [0.2, 0.25) is 11.8 Å². The van der Waals surface area contributed by atoms with E-state index in [1.54, 1.807) is 0 Å². The van der Waals surface area contributed by atoms with E-state index < -0.39 is 0 Å². The summed E-state index contributed by atoms with van der Waals surface area (Å²) in [5, 5.41) is 2.81. The number of hydrogen-bond acceptors (Lipinski definition) is 4. The third-order valence-electron chi connectivity index (χ3n) is 6.83. The van der Waals surface area contributed by atoms with Crippen LogP contribution < -0.4 is 10.2 Å². The second-order valence-electron chi connectivity index (χ2n) is 9.06. The Morgan fingerprint density at radius 3 is 2.16 bits per heavy atom. The Balaban J connectivity index is 1.50. The van der Waals surface area contributed by atoms with Crippen molar-refractivity contribution in [3.05, 3.63) is 23.8 Å². The van der Waals surface area contributed by atoms with Gasteiger partial charge in [-0.1, -0.05) is 12.8 Å². The lowest BCUT2D eigenvalue weighted by molar-refractivity contribution is -0.135. The number of nitrogens with one attached hydrogen (secondary N) is 1. The van der Waals surface area contributed by atoms with Gasteiger partial charge < -0.3 is 20.0 Å². The summed E-state index contributed by atoms with van der Waals surface area (Å²) in [7, 11) is 0. The lowest BCUT2D eigenvalue weighted by Crippen LogP contribution is -2.50. The number of rotatable bonds is 4. The van der Waals surface area contributed by atoms with E-state index >= 15 is 0 Å². The largest absolute Gasteiger partial charge is 0.367 e. The number of amides is 3. The van der Waals surface area contributed by atoms with Gasteiger partial charge in [0.25, 0.3) is 5.91 Å². The Morgan fingerprint density at radius 1 is 0.839 bits per heavy atom. The van der Waals surface area contributed by atoms with E-state index in [-0.39, 0.29) is 17.7 Å². The van der Waals surface area contributed by atoms with Gasteiger partial charge in [0, 0.05) is 63.5 Å². The molecule has 0 atom stereocenters. The number of nitrogens with zero attached hydrogens (tertiary/aromatic N) is 3. The average molecular weight is 427 g/mol. The molecule has 2 aliphatic heterocycles. The highest BCUT2D eigenvalue weighted by Gasteiger charge is 2.31. The maximum atomic E-state index is 13.4. The first kappa shape index (κ1) is 21.7. The molecule has 1 aromatic carbocycles. The Morgan fingerprint density at radius 2 is 1.52 bits per heavy atom. The fraction of sp³-hybridized carbons (Fsp3) is 0.625. The van der Waals surface area contributed by atoms with E-state index in [9.17, 15) is 14.4 Å². The van der Waals surface area contributed by atoms with Crippen LogP contribution in [0, 0.1) is 5.92 Å². The molecule has 3 aliphatic rings. The molecule has 4 rings (SSSR count). The minimum absolute atomic E-state index is 0.0337. The van der Waals surface area contributed by atoms with Crippen molar-refractivity contribution in [2.75, 3.05) is 49.5 Å². The molecule has 7 nitrogen and oxygen atoms in total. The SMILES string of the molecule is CC(=O)Nc1ccc(N2CCN(C(=O)C3CCCC3)CC2)c(C(=O)N2CCCCC2)c1. The van der Waals surface area contributed by atoms with E-state index in [1.165, 1.54) is 26.2 Å². The van der Waals surface area contributed by atoms with Gasteiger partial charge in [-0.25, -0.2) is 0 Å². The molecular formula is C24H34N4O3. The van der Waals surface area contributed by atoms with Crippen molar-refractivity contribution in [2.24, 2.45) is 5.92 Å². The van der Waals surface area contributed by atoms with Crippen molar-refractivity contribution in [1.82, 2.24) is 9.80 Å². The van der Waals surface area contributed by atoms with Crippen molar-refractivity contribution in [2.45, 2.75) is 51.9 Å². The molecule has 1 saturated carbocycles. The van der Waals surface area contributed by atoms with Crippen LogP contribution in [0.5, 0.6) is 0 Å². The second-order valence-corrected chi connectivity index (χ2v) is 9.06. The highest BCUT2D eigenvalue weighted by atomic mass is 16.2. The summed E-state index contributed by atoms with van der Waals surface area (Å²) in [6, 6.07) is 5.61. The van der Waals surface area contributed by atoms with Crippen LogP contribution in [0.1, 0.15) is 62.2 Å². The quantitative estimate of drug-likeness (QED) is 0.803. The monoisotopic (exact) mass is 426 g/mol. The van der Waals surface area contributed by atoms with E-state index in [1.807, 2.05) is 28.0 Å². The number of benzene rings is 1. The topological polar surface area (TPSA) is 73.0 Å². The molecule has 3 amide bonds. The highest BCUT2D eigenvalue weighted by molar-refractivity contribution is 6.02. The molecule has 7 heteroatoms. The van der Waals surface area contributed by atoms with Gasteiger partial charge in [-0.2, -0.15) is 0 Å². The summed E-state index contributed by atoms with van der Waals surface area (Å²) in [5.41, 5.74) is 2.19. The third-order valence-corrected chi connectivity index (χ3v) is 6.83. The summed E-state index contributed by atoms with van der Waals surface area (Å²) in [6.45, 7) is 5.87. The molecule has 0 aromatic heterocycles. The summed E-state index contributed by atoms with van der Waals surface area (Å²) in [6.07, 6.45) is 7.62. The van der Waals surface area contributed by atoms with Crippen LogP contribution >= 0.6 is 0 Å². The predicted octanol–water partition coefficient (Wildman–Crippen LogP) is 3.11. The zero-order valence-electron chi connectivity index (χ0n) is 18.6. The highest BCUT2D eigenvalue weighted by Crippen LogP contribution is 2.30. The van der Waals surface area contributed by atoms with Crippen molar-refractivity contribution in [3.8, 4) is 0 Å². The Hall–Kier alpha value is -2.57. The molecule has 1 aromatic rings. The summed E-state index contributed by atoms with van der Waals surface area (Å²) < 4.78 is 0. The molecule has 2 heterocycles. The predicted molar refractivity (Wildman–Crippen MR) is 121 cm³/mol. The number of carbonyl (C=O) groups excluding carboxylic acids is 3. The number of hydrogen-bond donors (Lipinski definition) is 1. The molecule has 168 valence electrons. The maximum Gasteiger partial charge on any atom is 0.256 e. The Kier molecular flexibility index (Phi) is 6.78. The fourth-order valence-corrected chi connectivity index (χ4v) is 5.13. The number of anilines is 2. The molecule has 0 unspecified atom stereocenters. The number of likely N-dealkylation sites (tertiary alicyclic amines) is 1. The number of carbonyl (C=O) groups is 3. The minimum atomic E-state index is -0.150. The molecule has 1 N–H and O–H groups in total. The maximum absolute atomic E-state index is 13.4. The van der Waals surface area contributed by atoms with Crippen molar-refractivity contribution in [3.63, 3.8) is 0 Å². The van der Waals surface area contributed by atoms with Crippen LogP contribution in [0.4, 0.5) is 11.4 Å². The molecule has 2 saturated heterocycles. The van der Waals surface area contributed by atoms with Crippen molar-refractivity contribution in [1.29, 1.82) is 0 Å². The molecule has 0 bridgehead atoms.